The Balaban J connectivity index is 2.07. The summed E-state index contributed by atoms with van der Waals surface area (Å²) in [6.07, 6.45) is 5.88. The number of alkyl halides is 1. The van der Waals surface area contributed by atoms with Crippen molar-refractivity contribution in [3.05, 3.63) is 5.53 Å². The van der Waals surface area contributed by atoms with Crippen LogP contribution in [0.4, 0.5) is 0 Å². The SMILES string of the molecule is [N-]=[N+]=C1C2CC3CC(C2)CC1(Cl)C3. The average Bonchev–Trinajstić information content (AvgIpc) is 2.00. The van der Waals surface area contributed by atoms with E-state index in [4.69, 9.17) is 17.1 Å². The van der Waals surface area contributed by atoms with E-state index in [1.807, 2.05) is 0 Å². The summed E-state index contributed by atoms with van der Waals surface area (Å²) >= 11 is 6.51. The molecule has 4 bridgehead atoms. The molecule has 4 fully saturated rings. The fraction of sp³-hybridized carbons (Fsp3) is 0.900. The minimum absolute atomic E-state index is 0.260. The van der Waals surface area contributed by atoms with Crippen LogP contribution in [0.2, 0.25) is 0 Å². The Bertz CT molecular complexity index is 292. The number of hydrogen-bond acceptors (Lipinski definition) is 0. The molecule has 4 rings (SSSR count). The molecule has 2 unspecified atom stereocenters. The molecule has 0 aromatic heterocycles. The maximum absolute atomic E-state index is 8.97. The zero-order valence-corrected chi connectivity index (χ0v) is 8.30. The van der Waals surface area contributed by atoms with Crippen molar-refractivity contribution < 1.29 is 4.79 Å². The van der Waals surface area contributed by atoms with Gasteiger partial charge in [0.25, 0.3) is 5.71 Å². The Hall–Kier alpha value is -0.330. The summed E-state index contributed by atoms with van der Waals surface area (Å²) in [5.74, 6) is 2.11. The molecule has 4 saturated carbocycles. The van der Waals surface area contributed by atoms with Gasteiger partial charge in [0.15, 0.2) is 0 Å². The number of nitrogens with zero attached hydrogens (tertiary/aromatic N) is 2. The van der Waals surface area contributed by atoms with Gasteiger partial charge in [-0.25, -0.2) is 0 Å². The predicted molar refractivity (Wildman–Crippen MR) is 50.8 cm³/mol. The van der Waals surface area contributed by atoms with Gasteiger partial charge in [-0.1, -0.05) is 0 Å². The van der Waals surface area contributed by atoms with Crippen molar-refractivity contribution in [2.24, 2.45) is 17.8 Å². The maximum Gasteiger partial charge on any atom is 0.292 e. The van der Waals surface area contributed by atoms with Crippen molar-refractivity contribution in [3.63, 3.8) is 0 Å². The first-order chi connectivity index (χ1) is 6.21. The van der Waals surface area contributed by atoms with Crippen molar-refractivity contribution in [1.29, 1.82) is 0 Å². The lowest BCUT2D eigenvalue weighted by Crippen LogP contribution is -2.55. The zero-order chi connectivity index (χ0) is 9.05. The van der Waals surface area contributed by atoms with Gasteiger partial charge in [0.1, 0.15) is 4.87 Å². The average molecular weight is 197 g/mol. The van der Waals surface area contributed by atoms with Gasteiger partial charge in [-0.3, -0.25) is 0 Å². The molecule has 4 aliphatic carbocycles. The third kappa shape index (κ3) is 0.963. The number of halogens is 1. The van der Waals surface area contributed by atoms with Gasteiger partial charge in [0, 0.05) is 0 Å². The standard InChI is InChI=1S/C10H13ClN2/c11-10-4-6-1-7(5-10)3-8(2-6)9(10)13-12/h6-8H,1-5H2. The van der Waals surface area contributed by atoms with Crippen molar-refractivity contribution in [2.45, 2.75) is 37.0 Å². The molecule has 0 N–H and O–H groups in total. The minimum atomic E-state index is -0.260. The highest BCUT2D eigenvalue weighted by atomic mass is 35.5. The van der Waals surface area contributed by atoms with Crippen LogP contribution in [-0.4, -0.2) is 15.4 Å². The molecule has 3 heteroatoms. The monoisotopic (exact) mass is 196 g/mol. The van der Waals surface area contributed by atoms with Gasteiger partial charge >= 0.3 is 0 Å². The number of rotatable bonds is 0. The second-order valence-corrected chi connectivity index (χ2v) is 5.72. The summed E-state index contributed by atoms with van der Waals surface area (Å²) in [5.41, 5.74) is 9.86. The van der Waals surface area contributed by atoms with Gasteiger partial charge < -0.3 is 5.53 Å². The van der Waals surface area contributed by atoms with Crippen molar-refractivity contribution >= 4 is 17.3 Å². The van der Waals surface area contributed by atoms with Crippen LogP contribution >= 0.6 is 11.6 Å². The third-order valence-electron chi connectivity index (χ3n) is 4.08. The Labute approximate surface area is 82.9 Å². The van der Waals surface area contributed by atoms with Crippen LogP contribution in [0.3, 0.4) is 0 Å². The van der Waals surface area contributed by atoms with Crippen molar-refractivity contribution in [1.82, 2.24) is 0 Å². The second kappa shape index (κ2) is 2.37. The van der Waals surface area contributed by atoms with E-state index in [2.05, 4.69) is 4.79 Å². The maximum atomic E-state index is 8.97. The smallest absolute Gasteiger partial charge is 0.292 e. The molecule has 0 amide bonds. The molecule has 70 valence electrons. The van der Waals surface area contributed by atoms with Gasteiger partial charge in [0.2, 0.25) is 0 Å². The Kier molecular flexibility index (Phi) is 1.46. The summed E-state index contributed by atoms with van der Waals surface area (Å²) in [4.78, 5) is 3.18. The normalized spacial score (nSPS) is 52.4. The summed E-state index contributed by atoms with van der Waals surface area (Å²) in [6, 6.07) is 0. The topological polar surface area (TPSA) is 36.4 Å². The summed E-state index contributed by atoms with van der Waals surface area (Å²) in [5, 5.41) is 0. The Morgan fingerprint density at radius 1 is 1.23 bits per heavy atom. The quantitative estimate of drug-likeness (QED) is 0.324. The van der Waals surface area contributed by atoms with E-state index in [0.29, 0.717) is 5.92 Å². The Morgan fingerprint density at radius 2 is 1.85 bits per heavy atom. The molecular formula is C10H13ClN2. The summed E-state index contributed by atoms with van der Waals surface area (Å²) < 4.78 is 0. The van der Waals surface area contributed by atoms with Crippen molar-refractivity contribution in [3.8, 4) is 0 Å². The largest absolute Gasteiger partial charge is 0.362 e. The molecule has 0 saturated heterocycles. The molecule has 2 atom stereocenters. The molecule has 13 heavy (non-hydrogen) atoms. The first kappa shape index (κ1) is 8.02. The van der Waals surface area contributed by atoms with Crippen LogP contribution in [0.15, 0.2) is 0 Å². The van der Waals surface area contributed by atoms with E-state index in [1.54, 1.807) is 0 Å². The van der Waals surface area contributed by atoms with Gasteiger partial charge in [-0.2, -0.15) is 4.79 Å². The van der Waals surface area contributed by atoms with Crippen LogP contribution in [0.25, 0.3) is 5.53 Å². The molecular weight excluding hydrogens is 184 g/mol. The lowest BCUT2D eigenvalue weighted by atomic mass is 9.55. The highest BCUT2D eigenvalue weighted by Gasteiger charge is 2.59. The fourth-order valence-electron chi connectivity index (χ4n) is 3.87. The molecule has 0 radical (unpaired) electrons. The van der Waals surface area contributed by atoms with E-state index in [0.717, 1.165) is 30.4 Å². The predicted octanol–water partition coefficient (Wildman–Crippen LogP) is 2.47. The molecule has 0 aliphatic heterocycles. The number of hydrogen-bond donors (Lipinski definition) is 0. The van der Waals surface area contributed by atoms with E-state index in [-0.39, 0.29) is 4.87 Å². The van der Waals surface area contributed by atoms with Gasteiger partial charge in [-0.15, -0.1) is 11.6 Å². The molecule has 0 aromatic carbocycles. The van der Waals surface area contributed by atoms with Crippen LogP contribution in [0, 0.1) is 17.8 Å². The first-order valence-corrected chi connectivity index (χ1v) is 5.50. The van der Waals surface area contributed by atoms with Crippen LogP contribution in [0.5, 0.6) is 0 Å². The summed E-state index contributed by atoms with van der Waals surface area (Å²) in [6.45, 7) is 0. The second-order valence-electron chi connectivity index (χ2n) is 4.99. The van der Waals surface area contributed by atoms with Crippen LogP contribution < -0.4 is 0 Å². The fourth-order valence-corrected chi connectivity index (χ4v) is 4.49. The molecule has 0 heterocycles. The zero-order valence-electron chi connectivity index (χ0n) is 7.54. The van der Waals surface area contributed by atoms with E-state index >= 15 is 0 Å². The molecule has 2 nitrogen and oxygen atoms in total. The Morgan fingerprint density at radius 3 is 2.31 bits per heavy atom. The minimum Gasteiger partial charge on any atom is -0.362 e. The van der Waals surface area contributed by atoms with Crippen molar-refractivity contribution in [2.75, 3.05) is 0 Å². The third-order valence-corrected chi connectivity index (χ3v) is 4.58. The van der Waals surface area contributed by atoms with E-state index < -0.39 is 0 Å². The molecule has 4 aliphatic rings. The van der Waals surface area contributed by atoms with Gasteiger partial charge in [0.05, 0.1) is 5.92 Å². The molecule has 0 aromatic rings. The highest BCUT2D eigenvalue weighted by molar-refractivity contribution is 6.36. The van der Waals surface area contributed by atoms with Gasteiger partial charge in [-0.05, 0) is 43.9 Å². The van der Waals surface area contributed by atoms with Crippen LogP contribution in [0.1, 0.15) is 32.1 Å². The first-order valence-electron chi connectivity index (χ1n) is 5.12. The van der Waals surface area contributed by atoms with E-state index in [1.165, 1.54) is 19.3 Å². The lowest BCUT2D eigenvalue weighted by Gasteiger charge is -2.50. The lowest BCUT2D eigenvalue weighted by molar-refractivity contribution is -0.0431. The van der Waals surface area contributed by atoms with E-state index in [9.17, 15) is 0 Å². The molecule has 0 spiro atoms. The summed E-state index contributed by atoms with van der Waals surface area (Å²) in [7, 11) is 0. The highest BCUT2D eigenvalue weighted by Crippen LogP contribution is 2.56. The van der Waals surface area contributed by atoms with Crippen LogP contribution in [-0.2, 0) is 0 Å².